The van der Waals surface area contributed by atoms with Crippen molar-refractivity contribution in [3.05, 3.63) is 58.0 Å². The maximum Gasteiger partial charge on any atom is 0.315 e. The van der Waals surface area contributed by atoms with E-state index in [1.54, 1.807) is 48.5 Å². The van der Waals surface area contributed by atoms with Gasteiger partial charge in [0.05, 0.1) is 16.6 Å². The molecule has 3 aromatic rings. The van der Waals surface area contributed by atoms with Crippen molar-refractivity contribution in [3.8, 4) is 17.2 Å². The molecule has 1 unspecified atom stereocenters. The van der Waals surface area contributed by atoms with Gasteiger partial charge in [-0.15, -0.1) is 0 Å². The van der Waals surface area contributed by atoms with Crippen LogP contribution in [0, 0.1) is 0 Å². The van der Waals surface area contributed by atoms with E-state index in [0.29, 0.717) is 21.0 Å². The van der Waals surface area contributed by atoms with E-state index in [4.69, 9.17) is 15.2 Å². The molecule has 2 amide bonds. The van der Waals surface area contributed by atoms with Crippen LogP contribution in [0.3, 0.4) is 0 Å². The van der Waals surface area contributed by atoms with Crippen LogP contribution >= 0.6 is 27.3 Å². The summed E-state index contributed by atoms with van der Waals surface area (Å²) in [5.74, 6) is -0.780. The van der Waals surface area contributed by atoms with Gasteiger partial charge in [-0.3, -0.25) is 14.9 Å². The number of hydrogen-bond acceptors (Lipinski definition) is 9. The molecule has 0 aliphatic rings. The highest BCUT2D eigenvalue weighted by Gasteiger charge is 2.26. The molecule has 1 atom stereocenters. The minimum absolute atomic E-state index is 0.00896. The molecule has 0 fully saturated rings. The molecule has 174 valence electrons. The first-order valence-electron chi connectivity index (χ1n) is 9.23. The first kappa shape index (κ1) is 24.6. The fourth-order valence-electron chi connectivity index (χ4n) is 2.56. The summed E-state index contributed by atoms with van der Waals surface area (Å²) < 4.78 is 34.8. The number of amides is 2. The van der Waals surface area contributed by atoms with Gasteiger partial charge < -0.3 is 20.5 Å². The van der Waals surface area contributed by atoms with Crippen molar-refractivity contribution in [1.29, 1.82) is 0 Å². The van der Waals surface area contributed by atoms with Gasteiger partial charge in [0.2, 0.25) is 0 Å². The van der Waals surface area contributed by atoms with Gasteiger partial charge in [0.15, 0.2) is 37.6 Å². The molecule has 10 nitrogen and oxygen atoms in total. The number of thiazole rings is 1. The second kappa shape index (κ2) is 10.3. The van der Waals surface area contributed by atoms with Gasteiger partial charge in [0, 0.05) is 6.26 Å². The molecule has 0 spiro atoms. The Morgan fingerprint density at radius 2 is 1.61 bits per heavy atom. The molecule has 0 aliphatic heterocycles. The van der Waals surface area contributed by atoms with Gasteiger partial charge >= 0.3 is 11.8 Å². The van der Waals surface area contributed by atoms with Crippen molar-refractivity contribution in [3.63, 3.8) is 0 Å². The summed E-state index contributed by atoms with van der Waals surface area (Å²) in [5.41, 5.74) is 5.98. The number of aromatic nitrogens is 1. The number of anilines is 2. The van der Waals surface area contributed by atoms with Crippen molar-refractivity contribution in [2.24, 2.45) is 5.73 Å². The molecule has 2 aromatic carbocycles. The van der Waals surface area contributed by atoms with Gasteiger partial charge in [-0.25, -0.2) is 13.4 Å². The van der Waals surface area contributed by atoms with Crippen LogP contribution in [0.2, 0.25) is 0 Å². The third-order valence-corrected chi connectivity index (χ3v) is 7.00. The molecule has 1 heterocycles. The normalized spacial score (nSPS) is 12.0. The molecule has 3 rings (SSSR count). The molecular formula is C20H19BrN4O6S2. The standard InChI is InChI=1S/C20H19BrN4O6S2/c1-30-13-9-5-6-10-14(13)31-12-8-4-3-7-11(12)23-18(26)19(27)25-20-24-15(16(21)32-20)17(22)33(2,28)29/h3-10,17H,22H2,1-2H3,(H,23,26)(H,24,25,27). The number of hydrogen-bond donors (Lipinski definition) is 3. The minimum atomic E-state index is -3.61. The maximum absolute atomic E-state index is 12.5. The number of carbonyl (C=O) groups is 2. The molecule has 4 N–H and O–H groups in total. The van der Waals surface area contributed by atoms with Crippen LogP contribution in [0.1, 0.15) is 11.1 Å². The minimum Gasteiger partial charge on any atom is -0.493 e. The highest BCUT2D eigenvalue weighted by Crippen LogP contribution is 2.35. The molecule has 0 bridgehead atoms. The number of halogens is 1. The molecule has 13 heteroatoms. The predicted molar refractivity (Wildman–Crippen MR) is 128 cm³/mol. The summed E-state index contributed by atoms with van der Waals surface area (Å²) in [6.07, 6.45) is 0.972. The van der Waals surface area contributed by atoms with E-state index in [9.17, 15) is 18.0 Å². The van der Waals surface area contributed by atoms with Crippen molar-refractivity contribution < 1.29 is 27.5 Å². The second-order valence-corrected chi connectivity index (χ2v) is 11.1. The highest BCUT2D eigenvalue weighted by molar-refractivity contribution is 9.11. The third kappa shape index (κ3) is 6.07. The zero-order valence-electron chi connectivity index (χ0n) is 17.4. The number of nitrogens with one attached hydrogen (secondary N) is 2. The first-order chi connectivity index (χ1) is 15.6. The zero-order valence-corrected chi connectivity index (χ0v) is 20.6. The first-order valence-corrected chi connectivity index (χ1v) is 12.8. The molecule has 1 aromatic heterocycles. The smallest absolute Gasteiger partial charge is 0.315 e. The lowest BCUT2D eigenvalue weighted by atomic mass is 10.2. The lowest BCUT2D eigenvalue weighted by molar-refractivity contribution is -0.133. The summed E-state index contributed by atoms with van der Waals surface area (Å²) in [6.45, 7) is 0. The van der Waals surface area contributed by atoms with E-state index in [0.717, 1.165) is 17.6 Å². The Kier molecular flexibility index (Phi) is 7.68. The number of carbonyl (C=O) groups excluding carboxylic acids is 2. The lowest BCUT2D eigenvalue weighted by Crippen LogP contribution is -2.29. The summed E-state index contributed by atoms with van der Waals surface area (Å²) in [5, 5.41) is 3.45. The fraction of sp³-hybridized carbons (Fsp3) is 0.150. The highest BCUT2D eigenvalue weighted by atomic mass is 79.9. The topological polar surface area (TPSA) is 150 Å². The van der Waals surface area contributed by atoms with Crippen LogP contribution < -0.4 is 25.8 Å². The van der Waals surface area contributed by atoms with E-state index in [-0.39, 0.29) is 16.5 Å². The van der Waals surface area contributed by atoms with Crippen molar-refractivity contribution in [2.75, 3.05) is 24.0 Å². The Bertz CT molecular complexity index is 1300. The van der Waals surface area contributed by atoms with Gasteiger partial charge in [-0.1, -0.05) is 35.6 Å². The largest absolute Gasteiger partial charge is 0.493 e. The number of para-hydroxylation sites is 4. The second-order valence-electron chi connectivity index (χ2n) is 6.59. The average Bonchev–Trinajstić information content (AvgIpc) is 3.13. The SMILES string of the molecule is COc1ccccc1Oc1ccccc1NC(=O)C(=O)Nc1nc(C(N)S(C)(=O)=O)c(Br)s1. The van der Waals surface area contributed by atoms with E-state index < -0.39 is 27.0 Å². The Labute approximate surface area is 202 Å². The Hall–Kier alpha value is -3.00. The third-order valence-electron chi connectivity index (χ3n) is 4.19. The number of ether oxygens (including phenoxy) is 2. The number of nitrogens with zero attached hydrogens (tertiary/aromatic N) is 1. The van der Waals surface area contributed by atoms with Crippen molar-refractivity contribution in [1.82, 2.24) is 4.98 Å². The van der Waals surface area contributed by atoms with Gasteiger partial charge in [0.25, 0.3) is 0 Å². The monoisotopic (exact) mass is 554 g/mol. The van der Waals surface area contributed by atoms with E-state index in [1.165, 1.54) is 7.11 Å². The van der Waals surface area contributed by atoms with Crippen molar-refractivity contribution in [2.45, 2.75) is 5.37 Å². The van der Waals surface area contributed by atoms with Gasteiger partial charge in [0.1, 0.15) is 5.69 Å². The molecule has 0 saturated carbocycles. The predicted octanol–water partition coefficient (Wildman–Crippen LogP) is 3.29. The maximum atomic E-state index is 12.5. The molecule has 0 aliphatic carbocycles. The summed E-state index contributed by atoms with van der Waals surface area (Å²) in [7, 11) is -2.10. The van der Waals surface area contributed by atoms with Gasteiger partial charge in [-0.05, 0) is 40.2 Å². The Morgan fingerprint density at radius 1 is 1.03 bits per heavy atom. The zero-order chi connectivity index (χ0) is 24.2. The fourth-order valence-corrected chi connectivity index (χ4v) is 4.89. The van der Waals surface area contributed by atoms with Crippen LogP contribution in [0.4, 0.5) is 10.8 Å². The molecule has 0 saturated heterocycles. The summed E-state index contributed by atoms with van der Waals surface area (Å²) >= 11 is 4.11. The number of rotatable bonds is 7. The summed E-state index contributed by atoms with van der Waals surface area (Å²) in [6, 6.07) is 13.5. The molecule has 0 radical (unpaired) electrons. The van der Waals surface area contributed by atoms with Crippen molar-refractivity contribution >= 4 is 59.7 Å². The lowest BCUT2D eigenvalue weighted by Gasteiger charge is -2.13. The quantitative estimate of drug-likeness (QED) is 0.376. The average molecular weight is 555 g/mol. The number of sulfone groups is 1. The van der Waals surface area contributed by atoms with Crippen LogP contribution in [-0.2, 0) is 19.4 Å². The van der Waals surface area contributed by atoms with Crippen LogP contribution in [0.5, 0.6) is 17.2 Å². The number of methoxy groups -OCH3 is 1. The van der Waals surface area contributed by atoms with E-state index in [1.807, 2.05) is 0 Å². The van der Waals surface area contributed by atoms with Gasteiger partial charge in [-0.2, -0.15) is 0 Å². The van der Waals surface area contributed by atoms with Crippen LogP contribution in [0.25, 0.3) is 0 Å². The molecular weight excluding hydrogens is 536 g/mol. The molecule has 33 heavy (non-hydrogen) atoms. The number of nitrogens with two attached hydrogens (primary N) is 1. The van der Waals surface area contributed by atoms with Crippen LogP contribution in [-0.4, -0.2) is 38.6 Å². The Morgan fingerprint density at radius 3 is 2.24 bits per heavy atom. The number of benzene rings is 2. The Balaban J connectivity index is 1.73. The van der Waals surface area contributed by atoms with E-state index in [2.05, 4.69) is 31.5 Å². The van der Waals surface area contributed by atoms with E-state index >= 15 is 0 Å². The van der Waals surface area contributed by atoms with Crippen LogP contribution in [0.15, 0.2) is 52.3 Å². The summed E-state index contributed by atoms with van der Waals surface area (Å²) in [4.78, 5) is 28.9.